The lowest BCUT2D eigenvalue weighted by molar-refractivity contribution is 0.0592. The zero-order valence-electron chi connectivity index (χ0n) is 13.9. The maximum Gasteiger partial charge on any atom is 0.266 e. The molecule has 0 spiro atoms. The molecule has 2 fully saturated rings. The first-order chi connectivity index (χ1) is 12.0. The maximum absolute atomic E-state index is 12.9. The molecule has 0 radical (unpaired) electrons. The topological polar surface area (TPSA) is 62.6 Å². The first kappa shape index (κ1) is 16.8. The summed E-state index contributed by atoms with van der Waals surface area (Å²) in [6.45, 7) is 2.79. The second-order valence-corrected chi connectivity index (χ2v) is 9.76. The molecule has 1 amide bonds. The Bertz CT molecular complexity index is 850. The summed E-state index contributed by atoms with van der Waals surface area (Å²) in [5.74, 6) is 0.632. The molecule has 0 aliphatic carbocycles. The van der Waals surface area contributed by atoms with Crippen molar-refractivity contribution in [2.24, 2.45) is 0 Å². The van der Waals surface area contributed by atoms with Crippen molar-refractivity contribution in [2.75, 3.05) is 37.7 Å². The van der Waals surface area contributed by atoms with Gasteiger partial charge in [-0.25, -0.2) is 8.42 Å². The highest BCUT2D eigenvalue weighted by Gasteiger charge is 2.34. The van der Waals surface area contributed by atoms with Crippen molar-refractivity contribution in [3.63, 3.8) is 0 Å². The molecule has 4 heterocycles. The lowest BCUT2D eigenvalue weighted by Crippen LogP contribution is -2.52. The summed E-state index contributed by atoms with van der Waals surface area (Å²) in [5, 5.41) is 1.95. The van der Waals surface area contributed by atoms with Crippen LogP contribution in [0.1, 0.15) is 16.1 Å². The molecule has 0 bridgehead atoms. The minimum atomic E-state index is -2.86. The van der Waals surface area contributed by atoms with Gasteiger partial charge in [-0.2, -0.15) is 0 Å². The predicted molar refractivity (Wildman–Crippen MR) is 98.2 cm³/mol. The molecule has 0 aromatic carbocycles. The first-order valence-electron chi connectivity index (χ1n) is 8.48. The van der Waals surface area contributed by atoms with Gasteiger partial charge >= 0.3 is 0 Å². The monoisotopic (exact) mass is 379 g/mol. The zero-order chi connectivity index (χ0) is 17.4. The van der Waals surface area contributed by atoms with Crippen LogP contribution in [0.3, 0.4) is 0 Å². The van der Waals surface area contributed by atoms with Crippen molar-refractivity contribution in [3.8, 4) is 5.69 Å². The number of thiophene rings is 1. The number of carbonyl (C=O) groups is 1. The number of nitrogens with zero attached hydrogens (tertiary/aromatic N) is 3. The molecule has 1 unspecified atom stereocenters. The minimum Gasteiger partial charge on any atom is -0.335 e. The van der Waals surface area contributed by atoms with E-state index in [1.54, 1.807) is 0 Å². The number of sulfone groups is 1. The van der Waals surface area contributed by atoms with Gasteiger partial charge < -0.3 is 9.47 Å². The van der Waals surface area contributed by atoms with Gasteiger partial charge in [0.1, 0.15) is 4.88 Å². The fourth-order valence-corrected chi connectivity index (χ4v) is 6.28. The van der Waals surface area contributed by atoms with Crippen LogP contribution < -0.4 is 0 Å². The van der Waals surface area contributed by atoms with E-state index in [0.717, 1.165) is 30.1 Å². The highest BCUT2D eigenvalue weighted by molar-refractivity contribution is 7.91. The molecule has 2 aliphatic rings. The van der Waals surface area contributed by atoms with Gasteiger partial charge in [0, 0.05) is 44.6 Å². The highest BCUT2D eigenvalue weighted by Crippen LogP contribution is 2.25. The summed E-state index contributed by atoms with van der Waals surface area (Å²) >= 11 is 1.47. The number of rotatable bonds is 3. The molecule has 25 heavy (non-hydrogen) atoms. The normalized spacial score (nSPS) is 23.8. The van der Waals surface area contributed by atoms with E-state index in [1.807, 2.05) is 45.4 Å². The molecule has 134 valence electrons. The van der Waals surface area contributed by atoms with Crippen molar-refractivity contribution < 1.29 is 13.2 Å². The van der Waals surface area contributed by atoms with E-state index in [1.165, 1.54) is 11.3 Å². The summed E-state index contributed by atoms with van der Waals surface area (Å²) in [6.07, 6.45) is 4.60. The standard InChI is InChI=1S/C17H21N3O3S2/c21-17(16-15(3-11-24-16)19-5-1-2-6-19)20-9-7-18(8-10-20)14-4-12-25(22,23)13-14/h1-3,5-6,11,14H,4,7-10,12-13H2. The third kappa shape index (κ3) is 3.38. The molecule has 2 aromatic heterocycles. The average Bonchev–Trinajstić information content (AvgIpc) is 3.34. The highest BCUT2D eigenvalue weighted by atomic mass is 32.2. The molecular formula is C17H21N3O3S2. The molecule has 8 heteroatoms. The van der Waals surface area contributed by atoms with E-state index in [4.69, 9.17) is 0 Å². The van der Waals surface area contributed by atoms with Gasteiger partial charge in [-0.15, -0.1) is 11.3 Å². The van der Waals surface area contributed by atoms with Gasteiger partial charge in [0.05, 0.1) is 17.2 Å². The summed E-state index contributed by atoms with van der Waals surface area (Å²) in [6, 6.07) is 5.98. The maximum atomic E-state index is 12.9. The Hall–Kier alpha value is -1.64. The number of piperazine rings is 1. The average molecular weight is 380 g/mol. The van der Waals surface area contributed by atoms with E-state index < -0.39 is 9.84 Å². The number of aromatic nitrogens is 1. The molecule has 1 atom stereocenters. The van der Waals surface area contributed by atoms with Gasteiger partial charge in [-0.1, -0.05) is 0 Å². The number of carbonyl (C=O) groups excluding carboxylic acids is 1. The summed E-state index contributed by atoms with van der Waals surface area (Å²) in [5.41, 5.74) is 0.921. The SMILES string of the molecule is O=C(c1sccc1-n1cccc1)N1CCN(C2CCS(=O)(=O)C2)CC1. The van der Waals surface area contributed by atoms with Gasteiger partial charge in [0.25, 0.3) is 5.91 Å². The van der Waals surface area contributed by atoms with E-state index in [-0.39, 0.29) is 17.7 Å². The molecule has 0 saturated carbocycles. The van der Waals surface area contributed by atoms with E-state index in [9.17, 15) is 13.2 Å². The van der Waals surface area contributed by atoms with Crippen LogP contribution in [-0.2, 0) is 9.84 Å². The van der Waals surface area contributed by atoms with Crippen LogP contribution in [0.5, 0.6) is 0 Å². The summed E-state index contributed by atoms with van der Waals surface area (Å²) < 4.78 is 25.3. The number of hydrogen-bond donors (Lipinski definition) is 0. The fourth-order valence-electron chi connectivity index (χ4n) is 3.66. The second-order valence-electron chi connectivity index (χ2n) is 6.61. The smallest absolute Gasteiger partial charge is 0.266 e. The third-order valence-corrected chi connectivity index (χ3v) is 7.69. The van der Waals surface area contributed by atoms with Crippen LogP contribution in [0, 0.1) is 0 Å². The molecule has 2 saturated heterocycles. The number of hydrogen-bond acceptors (Lipinski definition) is 5. The lowest BCUT2D eigenvalue weighted by atomic mass is 10.2. The summed E-state index contributed by atoms with van der Waals surface area (Å²) in [4.78, 5) is 17.8. The molecule has 4 rings (SSSR count). The lowest BCUT2D eigenvalue weighted by Gasteiger charge is -2.37. The molecule has 0 N–H and O–H groups in total. The van der Waals surface area contributed by atoms with E-state index in [0.29, 0.717) is 18.8 Å². The van der Waals surface area contributed by atoms with Crippen LogP contribution in [0.25, 0.3) is 5.69 Å². The van der Waals surface area contributed by atoms with E-state index >= 15 is 0 Å². The Balaban J connectivity index is 1.42. The van der Waals surface area contributed by atoms with Gasteiger partial charge in [-0.05, 0) is 30.0 Å². The third-order valence-electron chi connectivity index (χ3n) is 5.05. The Morgan fingerprint density at radius 1 is 1.12 bits per heavy atom. The largest absolute Gasteiger partial charge is 0.335 e. The molecule has 2 aromatic rings. The van der Waals surface area contributed by atoms with Gasteiger partial charge in [-0.3, -0.25) is 9.69 Å². The van der Waals surface area contributed by atoms with Gasteiger partial charge in [0.2, 0.25) is 0 Å². The Labute approximate surface area is 151 Å². The molecular weight excluding hydrogens is 358 g/mol. The van der Waals surface area contributed by atoms with Crippen LogP contribution >= 0.6 is 11.3 Å². The van der Waals surface area contributed by atoms with Crippen LogP contribution in [-0.4, -0.2) is 72.4 Å². The first-order valence-corrected chi connectivity index (χ1v) is 11.2. The van der Waals surface area contributed by atoms with Crippen molar-refractivity contribution in [1.29, 1.82) is 0 Å². The minimum absolute atomic E-state index is 0.0670. The van der Waals surface area contributed by atoms with Crippen molar-refractivity contribution in [3.05, 3.63) is 40.8 Å². The van der Waals surface area contributed by atoms with Crippen molar-refractivity contribution in [1.82, 2.24) is 14.4 Å². The Morgan fingerprint density at radius 3 is 2.48 bits per heavy atom. The second kappa shape index (κ2) is 6.59. The molecule has 2 aliphatic heterocycles. The Morgan fingerprint density at radius 2 is 1.84 bits per heavy atom. The van der Waals surface area contributed by atoms with Crippen LogP contribution in [0.2, 0.25) is 0 Å². The predicted octanol–water partition coefficient (Wildman–Crippen LogP) is 1.48. The fraction of sp³-hybridized carbons (Fsp3) is 0.471. The van der Waals surface area contributed by atoms with Gasteiger partial charge in [0.15, 0.2) is 9.84 Å². The summed E-state index contributed by atoms with van der Waals surface area (Å²) in [7, 11) is -2.86. The van der Waals surface area contributed by atoms with Crippen LogP contribution in [0.4, 0.5) is 0 Å². The molecule has 6 nitrogen and oxygen atoms in total. The zero-order valence-corrected chi connectivity index (χ0v) is 15.5. The van der Waals surface area contributed by atoms with Crippen molar-refractivity contribution in [2.45, 2.75) is 12.5 Å². The van der Waals surface area contributed by atoms with Crippen molar-refractivity contribution >= 4 is 27.1 Å². The van der Waals surface area contributed by atoms with Crippen LogP contribution in [0.15, 0.2) is 36.0 Å². The Kier molecular flexibility index (Phi) is 4.43. The van der Waals surface area contributed by atoms with E-state index in [2.05, 4.69) is 4.90 Å². The quantitative estimate of drug-likeness (QED) is 0.811. The number of amides is 1.